The molecule has 0 aromatic heterocycles. The maximum atomic E-state index is 12.4. The number of amides is 2. The molecule has 2 amide bonds. The third-order valence-corrected chi connectivity index (χ3v) is 4.00. The molecule has 2 unspecified atom stereocenters. The molecule has 1 rings (SSSR count). The van der Waals surface area contributed by atoms with E-state index < -0.39 is 29.5 Å². The lowest BCUT2D eigenvalue weighted by Crippen LogP contribution is -2.51. The normalized spacial score (nSPS) is 21.4. The summed E-state index contributed by atoms with van der Waals surface area (Å²) in [5.74, 6) is -1.23. The van der Waals surface area contributed by atoms with Gasteiger partial charge in [0.25, 0.3) is 0 Å². The van der Waals surface area contributed by atoms with Crippen molar-refractivity contribution in [3.63, 3.8) is 0 Å². The van der Waals surface area contributed by atoms with Gasteiger partial charge in [-0.1, -0.05) is 13.8 Å². The number of halogens is 1. The first-order valence-corrected chi connectivity index (χ1v) is 8.99. The number of ether oxygens (including phenoxy) is 1. The molecule has 2 atom stereocenters. The maximum absolute atomic E-state index is 12.4. The summed E-state index contributed by atoms with van der Waals surface area (Å²) in [4.78, 5) is 38.0. The van der Waals surface area contributed by atoms with Gasteiger partial charge in [0.15, 0.2) is 23.0 Å². The molecular formula is C16H27IN2O5. The van der Waals surface area contributed by atoms with Crippen molar-refractivity contribution in [1.82, 2.24) is 10.2 Å². The van der Waals surface area contributed by atoms with Crippen LogP contribution in [0.1, 0.15) is 41.0 Å². The van der Waals surface area contributed by atoms with Crippen LogP contribution in [0.3, 0.4) is 0 Å². The number of carbonyl (C=O) groups excluding carboxylic acids is 3. The lowest BCUT2D eigenvalue weighted by Gasteiger charge is -2.36. The van der Waals surface area contributed by atoms with Crippen molar-refractivity contribution < 1.29 is 22.2 Å². The highest BCUT2D eigenvalue weighted by Crippen LogP contribution is 2.25. The van der Waals surface area contributed by atoms with E-state index in [-0.39, 0.29) is 19.0 Å². The number of piperidine rings is 1. The second-order valence-electron chi connectivity index (χ2n) is 7.55. The van der Waals surface area contributed by atoms with Crippen LogP contribution in [0.4, 0.5) is 4.79 Å². The van der Waals surface area contributed by atoms with Crippen molar-refractivity contribution in [3.8, 4) is 0 Å². The molecule has 0 radical (unpaired) electrons. The maximum Gasteiger partial charge on any atom is 0.410 e. The van der Waals surface area contributed by atoms with Crippen molar-refractivity contribution in [2.45, 2.75) is 46.6 Å². The van der Waals surface area contributed by atoms with Gasteiger partial charge in [-0.05, 0) is 33.1 Å². The van der Waals surface area contributed by atoms with E-state index in [1.54, 1.807) is 20.8 Å². The van der Waals surface area contributed by atoms with Crippen LogP contribution >= 0.6 is 23.0 Å². The smallest absolute Gasteiger partial charge is 0.410 e. The molecule has 0 saturated carbocycles. The first-order chi connectivity index (χ1) is 11.0. The first kappa shape index (κ1) is 21.0. The average Bonchev–Trinajstić information content (AvgIpc) is 2.49. The summed E-state index contributed by atoms with van der Waals surface area (Å²) in [6.07, 6.45) is -0.152. The lowest BCUT2D eigenvalue weighted by atomic mass is 9.88. The summed E-state index contributed by atoms with van der Waals surface area (Å²) < 4.78 is 10.1. The molecule has 138 valence electrons. The standard InChI is InChI=1S/C16H27IN2O5/c1-10(2)7-18-13(20)11-6-12(14(21)24-17)9-19(8-11)15(22)23-16(3,4)5/h10-12H,6-9H2,1-5H3,(H,18,20). The van der Waals surface area contributed by atoms with E-state index in [1.807, 2.05) is 13.8 Å². The molecule has 0 aromatic carbocycles. The number of nitrogens with zero attached hydrogens (tertiary/aromatic N) is 1. The number of likely N-dealkylation sites (tertiary alicyclic amines) is 1. The number of hydrogen-bond donors (Lipinski definition) is 1. The highest BCUT2D eigenvalue weighted by atomic mass is 127. The fraction of sp³-hybridized carbons (Fsp3) is 0.812. The van der Waals surface area contributed by atoms with Gasteiger partial charge in [-0.3, -0.25) is 9.59 Å². The van der Waals surface area contributed by atoms with Crippen LogP contribution in [-0.2, 0) is 17.4 Å². The molecule has 0 spiro atoms. The fourth-order valence-corrected chi connectivity index (χ4v) is 2.81. The third-order valence-electron chi connectivity index (χ3n) is 3.57. The van der Waals surface area contributed by atoms with Crippen molar-refractivity contribution in [3.05, 3.63) is 0 Å². The minimum atomic E-state index is -0.636. The van der Waals surface area contributed by atoms with Crippen molar-refractivity contribution in [2.75, 3.05) is 19.6 Å². The summed E-state index contributed by atoms with van der Waals surface area (Å²) >= 11 is 1.53. The zero-order valence-electron chi connectivity index (χ0n) is 14.9. The van der Waals surface area contributed by atoms with Crippen LogP contribution in [0, 0.1) is 17.8 Å². The summed E-state index contributed by atoms with van der Waals surface area (Å²) in [6.45, 7) is 10.3. The Kier molecular flexibility index (Phi) is 7.75. The first-order valence-electron chi connectivity index (χ1n) is 8.11. The van der Waals surface area contributed by atoms with E-state index in [0.717, 1.165) is 0 Å². The van der Waals surface area contributed by atoms with Gasteiger partial charge >= 0.3 is 12.1 Å². The SMILES string of the molecule is CC(C)CNC(=O)C1CC(C(=O)OI)CN(C(=O)OC(C)(C)C)C1. The molecule has 1 aliphatic heterocycles. The van der Waals surface area contributed by atoms with Crippen LogP contribution in [-0.4, -0.2) is 48.1 Å². The van der Waals surface area contributed by atoms with Gasteiger partial charge in [0.1, 0.15) is 5.60 Å². The predicted octanol–water partition coefficient (Wildman–Crippen LogP) is 2.53. The second-order valence-corrected chi connectivity index (χ2v) is 7.99. The predicted molar refractivity (Wildman–Crippen MR) is 97.4 cm³/mol. The van der Waals surface area contributed by atoms with Crippen LogP contribution in [0.5, 0.6) is 0 Å². The van der Waals surface area contributed by atoms with Gasteiger partial charge in [0, 0.05) is 19.6 Å². The van der Waals surface area contributed by atoms with Gasteiger partial charge < -0.3 is 18.0 Å². The fourth-order valence-electron chi connectivity index (χ4n) is 2.45. The van der Waals surface area contributed by atoms with Crippen molar-refractivity contribution in [1.29, 1.82) is 0 Å². The van der Waals surface area contributed by atoms with Gasteiger partial charge in [-0.15, -0.1) is 0 Å². The minimum Gasteiger partial charge on any atom is -0.444 e. The van der Waals surface area contributed by atoms with Crippen LogP contribution in [0.15, 0.2) is 0 Å². The molecular weight excluding hydrogens is 427 g/mol. The van der Waals surface area contributed by atoms with E-state index >= 15 is 0 Å². The summed E-state index contributed by atoms with van der Waals surface area (Å²) in [7, 11) is 0. The second kappa shape index (κ2) is 8.87. The summed E-state index contributed by atoms with van der Waals surface area (Å²) in [6, 6.07) is 0. The van der Waals surface area contributed by atoms with Crippen molar-refractivity contribution in [2.24, 2.45) is 17.8 Å². The Bertz CT molecular complexity index is 476. The Hall–Kier alpha value is -1.06. The average molecular weight is 454 g/mol. The van der Waals surface area contributed by atoms with E-state index in [4.69, 9.17) is 7.80 Å². The largest absolute Gasteiger partial charge is 0.444 e. The van der Waals surface area contributed by atoms with Gasteiger partial charge in [0.05, 0.1) is 11.8 Å². The Morgan fingerprint density at radius 3 is 2.29 bits per heavy atom. The van der Waals surface area contributed by atoms with E-state index in [1.165, 1.54) is 27.9 Å². The van der Waals surface area contributed by atoms with Crippen molar-refractivity contribution >= 4 is 41.0 Å². The summed E-state index contributed by atoms with van der Waals surface area (Å²) in [5.41, 5.74) is -0.636. The zero-order valence-corrected chi connectivity index (χ0v) is 17.1. The monoisotopic (exact) mass is 454 g/mol. The van der Waals surface area contributed by atoms with Crippen LogP contribution in [0.2, 0.25) is 0 Å². The van der Waals surface area contributed by atoms with E-state index in [2.05, 4.69) is 5.32 Å². The highest BCUT2D eigenvalue weighted by molar-refractivity contribution is 14.1. The van der Waals surface area contributed by atoms with Gasteiger partial charge in [0.2, 0.25) is 5.91 Å². The Morgan fingerprint density at radius 2 is 1.79 bits per heavy atom. The molecule has 0 aliphatic carbocycles. The highest BCUT2D eigenvalue weighted by Gasteiger charge is 2.39. The zero-order chi connectivity index (χ0) is 18.5. The molecule has 8 heteroatoms. The minimum absolute atomic E-state index is 0.150. The molecule has 1 N–H and O–H groups in total. The van der Waals surface area contributed by atoms with Crippen LogP contribution < -0.4 is 5.32 Å². The Morgan fingerprint density at radius 1 is 1.21 bits per heavy atom. The Labute approximate surface area is 157 Å². The molecule has 0 bridgehead atoms. The molecule has 24 heavy (non-hydrogen) atoms. The van der Waals surface area contributed by atoms with E-state index in [0.29, 0.717) is 18.9 Å². The number of hydrogen-bond acceptors (Lipinski definition) is 5. The summed E-state index contributed by atoms with van der Waals surface area (Å²) in [5, 5.41) is 2.87. The van der Waals surface area contributed by atoms with Gasteiger partial charge in [-0.25, -0.2) is 4.79 Å². The number of nitrogens with one attached hydrogen (secondary N) is 1. The molecule has 1 aliphatic rings. The van der Waals surface area contributed by atoms with Gasteiger partial charge in [-0.2, -0.15) is 0 Å². The molecule has 0 aromatic rings. The third kappa shape index (κ3) is 6.82. The number of rotatable bonds is 4. The molecule has 1 fully saturated rings. The quantitative estimate of drug-likeness (QED) is 0.661. The molecule has 1 saturated heterocycles. The number of carbonyl (C=O) groups is 3. The Balaban J connectivity index is 2.83. The van der Waals surface area contributed by atoms with Crippen LogP contribution in [0.25, 0.3) is 0 Å². The lowest BCUT2D eigenvalue weighted by molar-refractivity contribution is -0.139. The topological polar surface area (TPSA) is 84.9 Å². The molecule has 1 heterocycles. The van der Waals surface area contributed by atoms with E-state index in [9.17, 15) is 14.4 Å². The molecule has 7 nitrogen and oxygen atoms in total.